The van der Waals surface area contributed by atoms with E-state index in [4.69, 9.17) is 4.74 Å². The van der Waals surface area contributed by atoms with E-state index in [2.05, 4.69) is 4.98 Å². The molecule has 0 unspecified atom stereocenters. The summed E-state index contributed by atoms with van der Waals surface area (Å²) in [7, 11) is 0. The zero-order valence-corrected chi connectivity index (χ0v) is 12.1. The van der Waals surface area contributed by atoms with Crippen LogP contribution in [0.3, 0.4) is 0 Å². The molecule has 1 saturated heterocycles. The highest BCUT2D eigenvalue weighted by Gasteiger charge is 2.15. The molecule has 0 atom stereocenters. The molecule has 0 radical (unpaired) electrons. The number of para-hydroxylation sites is 1. The number of ether oxygens (including phenoxy) is 1. The van der Waals surface area contributed by atoms with E-state index in [9.17, 15) is 4.79 Å². The minimum Gasteiger partial charge on any atom is -0.482 e. The molecule has 0 saturated carbocycles. The summed E-state index contributed by atoms with van der Waals surface area (Å²) in [6.07, 6.45) is 6.32. The van der Waals surface area contributed by atoms with Crippen molar-refractivity contribution in [2.45, 2.75) is 25.7 Å². The van der Waals surface area contributed by atoms with Crippen molar-refractivity contribution in [2.24, 2.45) is 0 Å². The molecule has 1 aromatic carbocycles. The topological polar surface area (TPSA) is 42.4 Å². The van der Waals surface area contributed by atoms with Gasteiger partial charge in [0.1, 0.15) is 5.75 Å². The fourth-order valence-electron chi connectivity index (χ4n) is 2.69. The highest BCUT2D eigenvalue weighted by molar-refractivity contribution is 5.80. The fraction of sp³-hybridized carbons (Fsp3) is 0.412. The summed E-state index contributed by atoms with van der Waals surface area (Å²) < 4.78 is 5.62. The largest absolute Gasteiger partial charge is 0.482 e. The van der Waals surface area contributed by atoms with Gasteiger partial charge in [0.05, 0.1) is 11.7 Å². The number of rotatable bonds is 3. The Morgan fingerprint density at radius 1 is 1.14 bits per heavy atom. The molecule has 0 spiro atoms. The van der Waals surface area contributed by atoms with Crippen LogP contribution in [0, 0.1) is 0 Å². The van der Waals surface area contributed by atoms with Crippen LogP contribution < -0.4 is 4.74 Å². The zero-order valence-electron chi connectivity index (χ0n) is 12.1. The van der Waals surface area contributed by atoms with Gasteiger partial charge in [-0.2, -0.15) is 0 Å². The predicted molar refractivity (Wildman–Crippen MR) is 82.3 cm³/mol. The summed E-state index contributed by atoms with van der Waals surface area (Å²) in [6.45, 7) is 1.82. The van der Waals surface area contributed by atoms with Crippen LogP contribution >= 0.6 is 0 Å². The van der Waals surface area contributed by atoms with Crippen LogP contribution in [-0.2, 0) is 4.79 Å². The number of fused-ring (bicyclic) bond motifs is 1. The maximum absolute atomic E-state index is 12.2. The van der Waals surface area contributed by atoms with E-state index in [-0.39, 0.29) is 12.5 Å². The van der Waals surface area contributed by atoms with Crippen molar-refractivity contribution < 1.29 is 9.53 Å². The first-order valence-electron chi connectivity index (χ1n) is 7.58. The number of pyridine rings is 1. The lowest BCUT2D eigenvalue weighted by Crippen LogP contribution is -2.35. The van der Waals surface area contributed by atoms with Gasteiger partial charge in [0.15, 0.2) is 6.61 Å². The molecule has 1 aliphatic rings. The number of nitrogens with zero attached hydrogens (tertiary/aromatic N) is 2. The summed E-state index contributed by atoms with van der Waals surface area (Å²) in [5.74, 6) is 0.724. The number of carbonyl (C=O) groups is 1. The van der Waals surface area contributed by atoms with Crippen molar-refractivity contribution in [1.82, 2.24) is 9.88 Å². The average molecular weight is 284 g/mol. The molecule has 1 aromatic heterocycles. The van der Waals surface area contributed by atoms with Crippen molar-refractivity contribution in [3.05, 3.63) is 36.5 Å². The molecule has 1 aliphatic heterocycles. The van der Waals surface area contributed by atoms with E-state index in [0.29, 0.717) is 5.75 Å². The van der Waals surface area contributed by atoms with Crippen LogP contribution in [0.5, 0.6) is 5.75 Å². The molecule has 3 rings (SSSR count). The van der Waals surface area contributed by atoms with Crippen LogP contribution in [0.1, 0.15) is 25.7 Å². The molecule has 0 bridgehead atoms. The summed E-state index contributed by atoms with van der Waals surface area (Å²) in [5.41, 5.74) is 0.934. The molecule has 1 fully saturated rings. The first kappa shape index (κ1) is 13.9. The third kappa shape index (κ3) is 3.51. The van der Waals surface area contributed by atoms with Crippen molar-refractivity contribution in [2.75, 3.05) is 19.7 Å². The van der Waals surface area contributed by atoms with Gasteiger partial charge in [-0.05, 0) is 25.0 Å². The molecule has 0 N–H and O–H groups in total. The minimum atomic E-state index is 0.0741. The van der Waals surface area contributed by atoms with Crippen molar-refractivity contribution in [3.63, 3.8) is 0 Å². The lowest BCUT2D eigenvalue weighted by atomic mass is 10.2. The van der Waals surface area contributed by atoms with Gasteiger partial charge < -0.3 is 9.64 Å². The lowest BCUT2D eigenvalue weighted by molar-refractivity contribution is -0.133. The van der Waals surface area contributed by atoms with E-state index in [1.54, 1.807) is 6.20 Å². The van der Waals surface area contributed by atoms with Gasteiger partial charge in [-0.25, -0.2) is 0 Å². The first-order valence-corrected chi connectivity index (χ1v) is 7.58. The molecule has 110 valence electrons. The van der Waals surface area contributed by atoms with Crippen LogP contribution in [0.15, 0.2) is 36.5 Å². The van der Waals surface area contributed by atoms with Crippen LogP contribution in [0.2, 0.25) is 0 Å². The number of amides is 1. The molecular formula is C17H20N2O2. The zero-order chi connectivity index (χ0) is 14.5. The van der Waals surface area contributed by atoms with Crippen LogP contribution in [0.4, 0.5) is 0 Å². The Labute approximate surface area is 124 Å². The monoisotopic (exact) mass is 284 g/mol. The molecule has 21 heavy (non-hydrogen) atoms. The van der Waals surface area contributed by atoms with E-state index >= 15 is 0 Å². The normalized spacial score (nSPS) is 15.7. The summed E-state index contributed by atoms with van der Waals surface area (Å²) in [5, 5.41) is 1.03. The van der Waals surface area contributed by atoms with Gasteiger partial charge in [-0.3, -0.25) is 9.78 Å². The van der Waals surface area contributed by atoms with Crippen molar-refractivity contribution in [1.29, 1.82) is 0 Å². The summed E-state index contributed by atoms with van der Waals surface area (Å²) >= 11 is 0. The highest BCUT2D eigenvalue weighted by Crippen LogP contribution is 2.18. The van der Waals surface area contributed by atoms with Gasteiger partial charge in [0, 0.05) is 18.5 Å². The summed E-state index contributed by atoms with van der Waals surface area (Å²) in [6, 6.07) is 9.81. The molecule has 2 aromatic rings. The lowest BCUT2D eigenvalue weighted by Gasteiger charge is -2.20. The SMILES string of the molecule is O=C(COc1cnc2ccccc2c1)N1CCCCCC1. The third-order valence-corrected chi connectivity index (χ3v) is 3.89. The number of benzene rings is 1. The number of hydrogen-bond donors (Lipinski definition) is 0. The molecule has 4 heteroatoms. The standard InChI is InChI=1S/C17H20N2O2/c20-17(19-9-5-1-2-6-10-19)13-21-15-11-14-7-3-4-8-16(14)18-12-15/h3-4,7-8,11-12H,1-2,5-6,9-10,13H2. The Bertz CT molecular complexity index is 619. The Hall–Kier alpha value is -2.10. The molecule has 2 heterocycles. The van der Waals surface area contributed by atoms with Crippen LogP contribution in [-0.4, -0.2) is 35.5 Å². The quantitative estimate of drug-likeness (QED) is 0.870. The van der Waals surface area contributed by atoms with E-state index < -0.39 is 0 Å². The predicted octanol–water partition coefficient (Wildman–Crippen LogP) is 3.02. The van der Waals surface area contributed by atoms with E-state index in [1.165, 1.54) is 12.8 Å². The van der Waals surface area contributed by atoms with E-state index in [0.717, 1.165) is 36.8 Å². The molecule has 1 amide bonds. The second-order valence-corrected chi connectivity index (χ2v) is 5.45. The number of aromatic nitrogens is 1. The van der Waals surface area contributed by atoms with Gasteiger partial charge in [0.2, 0.25) is 0 Å². The average Bonchev–Trinajstić information content (AvgIpc) is 2.81. The van der Waals surface area contributed by atoms with Gasteiger partial charge in [0.25, 0.3) is 5.91 Å². The maximum atomic E-state index is 12.2. The molecular weight excluding hydrogens is 264 g/mol. The Balaban J connectivity index is 1.61. The minimum absolute atomic E-state index is 0.0741. The molecule has 0 aliphatic carbocycles. The Morgan fingerprint density at radius 3 is 2.71 bits per heavy atom. The van der Waals surface area contributed by atoms with Crippen molar-refractivity contribution >= 4 is 16.8 Å². The van der Waals surface area contributed by atoms with Gasteiger partial charge >= 0.3 is 0 Å². The first-order chi connectivity index (χ1) is 10.3. The second-order valence-electron chi connectivity index (χ2n) is 5.45. The highest BCUT2D eigenvalue weighted by atomic mass is 16.5. The Kier molecular flexibility index (Phi) is 4.34. The van der Waals surface area contributed by atoms with Gasteiger partial charge in [-0.15, -0.1) is 0 Å². The van der Waals surface area contributed by atoms with Crippen molar-refractivity contribution in [3.8, 4) is 5.75 Å². The van der Waals surface area contributed by atoms with Gasteiger partial charge in [-0.1, -0.05) is 31.0 Å². The maximum Gasteiger partial charge on any atom is 0.260 e. The number of hydrogen-bond acceptors (Lipinski definition) is 3. The van der Waals surface area contributed by atoms with E-state index in [1.807, 2.05) is 35.2 Å². The fourth-order valence-corrected chi connectivity index (χ4v) is 2.69. The smallest absolute Gasteiger partial charge is 0.260 e. The van der Waals surface area contributed by atoms with Crippen LogP contribution in [0.25, 0.3) is 10.9 Å². The second kappa shape index (κ2) is 6.57. The number of carbonyl (C=O) groups excluding carboxylic acids is 1. The molecule has 4 nitrogen and oxygen atoms in total. The number of likely N-dealkylation sites (tertiary alicyclic amines) is 1. The third-order valence-electron chi connectivity index (χ3n) is 3.89. The summed E-state index contributed by atoms with van der Waals surface area (Å²) in [4.78, 5) is 18.4. The Morgan fingerprint density at radius 2 is 1.90 bits per heavy atom.